The fourth-order valence-corrected chi connectivity index (χ4v) is 3.43. The molecule has 3 heteroatoms. The van der Waals surface area contributed by atoms with Gasteiger partial charge in [0.05, 0.1) is 0 Å². The summed E-state index contributed by atoms with van der Waals surface area (Å²) in [5, 5.41) is 0. The molecule has 0 aromatic rings. The summed E-state index contributed by atoms with van der Waals surface area (Å²) in [5.74, 6) is 1.77. The number of rotatable bonds is 7. The summed E-state index contributed by atoms with van der Waals surface area (Å²) in [6.07, 6.45) is 5.94. The molecule has 3 nitrogen and oxygen atoms in total. The first-order valence-electron chi connectivity index (χ1n) is 8.64. The minimum absolute atomic E-state index is 0.0233. The molecule has 1 fully saturated rings. The molecule has 0 aliphatic heterocycles. The molecule has 21 heavy (non-hydrogen) atoms. The third-order valence-corrected chi connectivity index (χ3v) is 5.07. The van der Waals surface area contributed by atoms with E-state index < -0.39 is 0 Å². The van der Waals surface area contributed by atoms with E-state index in [4.69, 9.17) is 10.5 Å². The van der Waals surface area contributed by atoms with Crippen LogP contribution < -0.4 is 5.73 Å². The van der Waals surface area contributed by atoms with E-state index in [0.29, 0.717) is 30.7 Å². The first kappa shape index (κ1) is 18.5. The van der Waals surface area contributed by atoms with Crippen molar-refractivity contribution in [2.75, 3.05) is 6.54 Å². The van der Waals surface area contributed by atoms with Gasteiger partial charge in [0.25, 0.3) is 0 Å². The van der Waals surface area contributed by atoms with Gasteiger partial charge in [-0.25, -0.2) is 0 Å². The Morgan fingerprint density at radius 2 is 1.95 bits per heavy atom. The highest BCUT2D eigenvalue weighted by molar-refractivity contribution is 5.69. The van der Waals surface area contributed by atoms with E-state index in [9.17, 15) is 4.79 Å². The van der Waals surface area contributed by atoms with Crippen LogP contribution in [0.3, 0.4) is 0 Å². The second-order valence-electron chi connectivity index (χ2n) is 8.06. The van der Waals surface area contributed by atoms with Crippen molar-refractivity contribution in [1.82, 2.24) is 0 Å². The van der Waals surface area contributed by atoms with Crippen LogP contribution in [-0.2, 0) is 9.53 Å². The van der Waals surface area contributed by atoms with Crippen molar-refractivity contribution < 1.29 is 9.53 Å². The minimum Gasteiger partial charge on any atom is -0.462 e. The van der Waals surface area contributed by atoms with Crippen molar-refractivity contribution in [3.05, 3.63) is 0 Å². The lowest BCUT2D eigenvalue weighted by atomic mass is 9.75. The molecule has 0 aromatic heterocycles. The normalized spacial score (nSPS) is 26.9. The molecule has 1 rings (SSSR count). The Labute approximate surface area is 131 Å². The maximum absolute atomic E-state index is 12.2. The fraction of sp³-hybridized carbons (Fsp3) is 0.944. The molecule has 0 bridgehead atoms. The quantitative estimate of drug-likeness (QED) is 0.718. The van der Waals surface area contributed by atoms with E-state index in [1.165, 1.54) is 12.8 Å². The van der Waals surface area contributed by atoms with Gasteiger partial charge >= 0.3 is 5.97 Å². The van der Waals surface area contributed by atoms with Gasteiger partial charge < -0.3 is 10.5 Å². The van der Waals surface area contributed by atoms with E-state index in [1.807, 2.05) is 0 Å². The van der Waals surface area contributed by atoms with Gasteiger partial charge in [-0.2, -0.15) is 0 Å². The molecule has 0 amide bonds. The second-order valence-corrected chi connectivity index (χ2v) is 8.06. The highest BCUT2D eigenvalue weighted by Crippen LogP contribution is 2.36. The number of carbonyl (C=O) groups excluding carboxylic acids is 1. The number of esters is 1. The zero-order chi connectivity index (χ0) is 16.0. The maximum Gasteiger partial charge on any atom is 0.306 e. The standard InChI is InChI=1S/C18H35NO2/c1-13(2)15-7-6-14(3)12-16(15)21-17(20)8-9-18(4,5)10-11-19/h13-16H,6-12,19H2,1-5H3. The summed E-state index contributed by atoms with van der Waals surface area (Å²) in [7, 11) is 0. The van der Waals surface area contributed by atoms with Gasteiger partial charge in [-0.15, -0.1) is 0 Å². The maximum atomic E-state index is 12.2. The smallest absolute Gasteiger partial charge is 0.306 e. The molecule has 0 saturated heterocycles. The Kier molecular flexibility index (Phi) is 7.19. The summed E-state index contributed by atoms with van der Waals surface area (Å²) >= 11 is 0. The van der Waals surface area contributed by atoms with E-state index in [0.717, 1.165) is 19.3 Å². The average Bonchev–Trinajstić information content (AvgIpc) is 2.36. The molecule has 0 heterocycles. The van der Waals surface area contributed by atoms with Gasteiger partial charge in [0, 0.05) is 6.42 Å². The first-order valence-corrected chi connectivity index (χ1v) is 8.64. The summed E-state index contributed by atoms with van der Waals surface area (Å²) in [5.41, 5.74) is 5.75. The number of carbonyl (C=O) groups is 1. The topological polar surface area (TPSA) is 52.3 Å². The van der Waals surface area contributed by atoms with Crippen molar-refractivity contribution in [2.45, 2.75) is 79.2 Å². The zero-order valence-corrected chi connectivity index (χ0v) is 14.7. The van der Waals surface area contributed by atoms with Gasteiger partial charge in [-0.3, -0.25) is 4.79 Å². The lowest BCUT2D eigenvalue weighted by Gasteiger charge is -2.37. The van der Waals surface area contributed by atoms with E-state index in [2.05, 4.69) is 34.6 Å². The summed E-state index contributed by atoms with van der Waals surface area (Å²) < 4.78 is 5.84. The summed E-state index contributed by atoms with van der Waals surface area (Å²) in [6, 6.07) is 0. The summed E-state index contributed by atoms with van der Waals surface area (Å²) in [6.45, 7) is 11.8. The lowest BCUT2D eigenvalue weighted by Crippen LogP contribution is -2.36. The van der Waals surface area contributed by atoms with Crippen molar-refractivity contribution >= 4 is 5.97 Å². The van der Waals surface area contributed by atoms with Crippen LogP contribution in [0, 0.1) is 23.2 Å². The van der Waals surface area contributed by atoms with E-state index >= 15 is 0 Å². The van der Waals surface area contributed by atoms with Crippen LogP contribution >= 0.6 is 0 Å². The largest absolute Gasteiger partial charge is 0.462 e. The number of hydrogen-bond donors (Lipinski definition) is 1. The van der Waals surface area contributed by atoms with Gasteiger partial charge in [-0.1, -0.05) is 41.0 Å². The van der Waals surface area contributed by atoms with Crippen LogP contribution in [0.1, 0.15) is 73.1 Å². The minimum atomic E-state index is -0.0233. The molecular formula is C18H35NO2. The number of nitrogens with two attached hydrogens (primary N) is 1. The molecular weight excluding hydrogens is 262 g/mol. The van der Waals surface area contributed by atoms with Gasteiger partial charge in [0.2, 0.25) is 0 Å². The Bertz CT molecular complexity index is 325. The van der Waals surface area contributed by atoms with Crippen molar-refractivity contribution in [1.29, 1.82) is 0 Å². The Morgan fingerprint density at radius 1 is 1.29 bits per heavy atom. The lowest BCUT2D eigenvalue weighted by molar-refractivity contribution is -0.156. The van der Waals surface area contributed by atoms with Gasteiger partial charge in [0.1, 0.15) is 6.10 Å². The first-order chi connectivity index (χ1) is 9.75. The molecule has 3 unspecified atom stereocenters. The van der Waals surface area contributed by atoms with Gasteiger partial charge in [-0.05, 0) is 55.4 Å². The van der Waals surface area contributed by atoms with Gasteiger partial charge in [0.15, 0.2) is 0 Å². The van der Waals surface area contributed by atoms with E-state index in [1.54, 1.807) is 0 Å². The highest BCUT2D eigenvalue weighted by Gasteiger charge is 2.33. The molecule has 1 saturated carbocycles. The molecule has 2 N–H and O–H groups in total. The molecule has 3 atom stereocenters. The predicted octanol–water partition coefficient (Wildman–Crippen LogP) is 4.15. The number of ether oxygens (including phenoxy) is 1. The molecule has 124 valence electrons. The number of hydrogen-bond acceptors (Lipinski definition) is 3. The van der Waals surface area contributed by atoms with Crippen molar-refractivity contribution in [3.63, 3.8) is 0 Å². The molecule has 0 spiro atoms. The third-order valence-electron chi connectivity index (χ3n) is 5.07. The molecule has 1 aliphatic carbocycles. The second kappa shape index (κ2) is 8.17. The predicted molar refractivity (Wildman–Crippen MR) is 87.9 cm³/mol. The van der Waals surface area contributed by atoms with Crippen LogP contribution in [0.15, 0.2) is 0 Å². The highest BCUT2D eigenvalue weighted by atomic mass is 16.5. The Balaban J connectivity index is 2.47. The molecule has 0 radical (unpaired) electrons. The monoisotopic (exact) mass is 297 g/mol. The fourth-order valence-electron chi connectivity index (χ4n) is 3.43. The zero-order valence-electron chi connectivity index (χ0n) is 14.7. The summed E-state index contributed by atoms with van der Waals surface area (Å²) in [4.78, 5) is 12.2. The average molecular weight is 297 g/mol. The molecule has 1 aliphatic rings. The van der Waals surface area contributed by atoms with Crippen LogP contribution in [-0.4, -0.2) is 18.6 Å². The SMILES string of the molecule is CC1CCC(C(C)C)C(OC(=O)CCC(C)(C)CCN)C1. The molecule has 0 aromatic carbocycles. The van der Waals surface area contributed by atoms with Crippen LogP contribution in [0.5, 0.6) is 0 Å². The van der Waals surface area contributed by atoms with Crippen molar-refractivity contribution in [3.8, 4) is 0 Å². The van der Waals surface area contributed by atoms with Crippen LogP contribution in [0.2, 0.25) is 0 Å². The van der Waals surface area contributed by atoms with Crippen molar-refractivity contribution in [2.24, 2.45) is 28.9 Å². The third kappa shape index (κ3) is 6.37. The Hall–Kier alpha value is -0.570. The van der Waals surface area contributed by atoms with Crippen LogP contribution in [0.4, 0.5) is 0 Å². The Morgan fingerprint density at radius 3 is 2.52 bits per heavy atom. The van der Waals surface area contributed by atoms with Crippen LogP contribution in [0.25, 0.3) is 0 Å². The van der Waals surface area contributed by atoms with E-state index in [-0.39, 0.29) is 17.5 Å².